The largest absolute Gasteiger partial charge is 0.353 e. The fraction of sp³-hybridized carbons (Fsp3) is 0.526. The highest BCUT2D eigenvalue weighted by atomic mass is 15.2. The molecule has 0 saturated carbocycles. The standard InChI is InChI=1S/C19H27N5/c1-14-5-4-11-24(13-14)12-10-21-19-20-9-8-18(23-19)17-7-6-15(2)22-16(17)3/h6-9,14H,4-5,10-13H2,1-3H3,(H,20,21,23). The van der Waals surface area contributed by atoms with Gasteiger partial charge in [-0.3, -0.25) is 4.98 Å². The molecule has 0 bridgehead atoms. The van der Waals surface area contributed by atoms with E-state index in [1.165, 1.54) is 25.9 Å². The first-order chi connectivity index (χ1) is 11.6. The van der Waals surface area contributed by atoms with Crippen LogP contribution in [0.2, 0.25) is 0 Å². The summed E-state index contributed by atoms with van der Waals surface area (Å²) >= 11 is 0. The first kappa shape index (κ1) is 16.8. The van der Waals surface area contributed by atoms with Gasteiger partial charge in [-0.05, 0) is 57.4 Å². The number of pyridine rings is 1. The summed E-state index contributed by atoms with van der Waals surface area (Å²) in [5, 5.41) is 3.36. The van der Waals surface area contributed by atoms with Crippen molar-refractivity contribution < 1.29 is 0 Å². The highest BCUT2D eigenvalue weighted by Gasteiger charge is 2.15. The van der Waals surface area contributed by atoms with Crippen molar-refractivity contribution in [2.45, 2.75) is 33.6 Å². The smallest absolute Gasteiger partial charge is 0.223 e. The summed E-state index contributed by atoms with van der Waals surface area (Å²) in [6, 6.07) is 6.05. The summed E-state index contributed by atoms with van der Waals surface area (Å²) in [4.78, 5) is 16.0. The molecule has 3 rings (SSSR count). The molecule has 1 N–H and O–H groups in total. The molecule has 5 nitrogen and oxygen atoms in total. The fourth-order valence-corrected chi connectivity index (χ4v) is 3.37. The molecule has 1 unspecified atom stereocenters. The lowest BCUT2D eigenvalue weighted by Gasteiger charge is -2.30. The average Bonchev–Trinajstić information content (AvgIpc) is 2.55. The molecule has 1 aliphatic heterocycles. The molecule has 1 fully saturated rings. The quantitative estimate of drug-likeness (QED) is 0.914. The maximum atomic E-state index is 4.65. The van der Waals surface area contributed by atoms with Crippen LogP contribution in [0.1, 0.15) is 31.2 Å². The first-order valence-corrected chi connectivity index (χ1v) is 8.86. The van der Waals surface area contributed by atoms with Gasteiger partial charge < -0.3 is 10.2 Å². The predicted molar refractivity (Wildman–Crippen MR) is 98.1 cm³/mol. The maximum absolute atomic E-state index is 4.65. The van der Waals surface area contributed by atoms with Gasteiger partial charge in [0.05, 0.1) is 5.69 Å². The molecule has 2 aromatic rings. The Morgan fingerprint density at radius 3 is 2.88 bits per heavy atom. The monoisotopic (exact) mass is 325 g/mol. The van der Waals surface area contributed by atoms with Gasteiger partial charge in [0.1, 0.15) is 0 Å². The van der Waals surface area contributed by atoms with Gasteiger partial charge in [-0.15, -0.1) is 0 Å². The SMILES string of the molecule is Cc1ccc(-c2ccnc(NCCN3CCCC(C)C3)n2)c(C)n1. The van der Waals surface area contributed by atoms with E-state index in [0.717, 1.165) is 41.7 Å². The minimum absolute atomic E-state index is 0.692. The van der Waals surface area contributed by atoms with Gasteiger partial charge in [-0.25, -0.2) is 9.97 Å². The van der Waals surface area contributed by atoms with E-state index in [9.17, 15) is 0 Å². The van der Waals surface area contributed by atoms with Crippen molar-refractivity contribution >= 4 is 5.95 Å². The van der Waals surface area contributed by atoms with Crippen LogP contribution in [0, 0.1) is 19.8 Å². The van der Waals surface area contributed by atoms with Crippen molar-refractivity contribution in [2.24, 2.45) is 5.92 Å². The summed E-state index contributed by atoms with van der Waals surface area (Å²) in [6.07, 6.45) is 4.48. The minimum Gasteiger partial charge on any atom is -0.353 e. The molecule has 0 aromatic carbocycles. The van der Waals surface area contributed by atoms with Gasteiger partial charge in [0.25, 0.3) is 0 Å². The summed E-state index contributed by atoms with van der Waals surface area (Å²) in [5.74, 6) is 1.51. The molecular weight excluding hydrogens is 298 g/mol. The van der Waals surface area contributed by atoms with E-state index in [-0.39, 0.29) is 0 Å². The predicted octanol–water partition coefficient (Wildman–Crippen LogP) is 3.30. The average molecular weight is 325 g/mol. The number of rotatable bonds is 5. The lowest BCUT2D eigenvalue weighted by molar-refractivity contribution is 0.190. The van der Waals surface area contributed by atoms with Gasteiger partial charge in [-0.1, -0.05) is 6.92 Å². The van der Waals surface area contributed by atoms with Crippen LogP contribution in [0.5, 0.6) is 0 Å². The number of nitrogens with zero attached hydrogens (tertiary/aromatic N) is 4. The zero-order chi connectivity index (χ0) is 16.9. The lowest BCUT2D eigenvalue weighted by Crippen LogP contribution is -2.37. The normalized spacial score (nSPS) is 18.5. The number of anilines is 1. The summed E-state index contributed by atoms with van der Waals surface area (Å²) < 4.78 is 0. The van der Waals surface area contributed by atoms with E-state index in [1.807, 2.05) is 32.2 Å². The molecule has 3 heterocycles. The Hall–Kier alpha value is -2.01. The Labute approximate surface area is 144 Å². The van der Waals surface area contributed by atoms with Crippen molar-refractivity contribution in [1.29, 1.82) is 0 Å². The number of nitrogens with one attached hydrogen (secondary N) is 1. The molecule has 0 amide bonds. The Morgan fingerprint density at radius 1 is 1.21 bits per heavy atom. The number of aromatic nitrogens is 3. The summed E-state index contributed by atoms with van der Waals surface area (Å²) in [6.45, 7) is 10.7. The van der Waals surface area contributed by atoms with E-state index < -0.39 is 0 Å². The molecule has 1 aliphatic rings. The van der Waals surface area contributed by atoms with E-state index in [2.05, 4.69) is 38.2 Å². The van der Waals surface area contributed by atoms with Crippen molar-refractivity contribution in [1.82, 2.24) is 19.9 Å². The number of aryl methyl sites for hydroxylation is 2. The van der Waals surface area contributed by atoms with Crippen LogP contribution in [-0.2, 0) is 0 Å². The second kappa shape index (κ2) is 7.71. The van der Waals surface area contributed by atoms with Crippen molar-refractivity contribution in [3.05, 3.63) is 35.8 Å². The Kier molecular flexibility index (Phi) is 5.41. The van der Waals surface area contributed by atoms with Crippen LogP contribution in [0.15, 0.2) is 24.4 Å². The zero-order valence-electron chi connectivity index (χ0n) is 14.9. The second-order valence-electron chi connectivity index (χ2n) is 6.83. The van der Waals surface area contributed by atoms with E-state index in [1.54, 1.807) is 0 Å². The second-order valence-corrected chi connectivity index (χ2v) is 6.83. The van der Waals surface area contributed by atoms with Crippen molar-refractivity contribution in [3.63, 3.8) is 0 Å². The van der Waals surface area contributed by atoms with E-state index >= 15 is 0 Å². The van der Waals surface area contributed by atoms with Gasteiger partial charge in [0, 0.05) is 42.8 Å². The van der Waals surface area contributed by atoms with Crippen molar-refractivity contribution in [3.8, 4) is 11.3 Å². The molecular formula is C19H27N5. The zero-order valence-corrected chi connectivity index (χ0v) is 14.9. The number of hydrogen-bond acceptors (Lipinski definition) is 5. The van der Waals surface area contributed by atoms with Crippen LogP contribution in [0.25, 0.3) is 11.3 Å². The van der Waals surface area contributed by atoms with E-state index in [4.69, 9.17) is 0 Å². The van der Waals surface area contributed by atoms with Crippen LogP contribution in [0.3, 0.4) is 0 Å². The van der Waals surface area contributed by atoms with Gasteiger partial charge >= 0.3 is 0 Å². The summed E-state index contributed by atoms with van der Waals surface area (Å²) in [5.41, 5.74) is 4.02. The molecule has 0 spiro atoms. The lowest BCUT2D eigenvalue weighted by atomic mass is 10.0. The Morgan fingerprint density at radius 2 is 2.08 bits per heavy atom. The molecule has 5 heteroatoms. The number of piperidine rings is 1. The third-order valence-electron chi connectivity index (χ3n) is 4.61. The van der Waals surface area contributed by atoms with Crippen LogP contribution >= 0.6 is 0 Å². The molecule has 128 valence electrons. The van der Waals surface area contributed by atoms with Crippen LogP contribution in [0.4, 0.5) is 5.95 Å². The fourth-order valence-electron chi connectivity index (χ4n) is 3.37. The Bertz CT molecular complexity index is 685. The van der Waals surface area contributed by atoms with E-state index in [0.29, 0.717) is 5.95 Å². The highest BCUT2D eigenvalue weighted by molar-refractivity contribution is 5.62. The molecule has 0 radical (unpaired) electrons. The highest BCUT2D eigenvalue weighted by Crippen LogP contribution is 2.21. The molecule has 1 saturated heterocycles. The van der Waals surface area contributed by atoms with Gasteiger partial charge in [0.2, 0.25) is 5.95 Å². The summed E-state index contributed by atoms with van der Waals surface area (Å²) in [7, 11) is 0. The van der Waals surface area contributed by atoms with Crippen LogP contribution in [-0.4, -0.2) is 46.0 Å². The molecule has 0 aliphatic carbocycles. The third kappa shape index (κ3) is 4.29. The minimum atomic E-state index is 0.692. The molecule has 24 heavy (non-hydrogen) atoms. The molecule has 2 aromatic heterocycles. The van der Waals surface area contributed by atoms with Gasteiger partial charge in [0.15, 0.2) is 0 Å². The van der Waals surface area contributed by atoms with Crippen LogP contribution < -0.4 is 5.32 Å². The Balaban J connectivity index is 1.61. The number of likely N-dealkylation sites (tertiary alicyclic amines) is 1. The third-order valence-corrected chi connectivity index (χ3v) is 4.61. The molecule has 1 atom stereocenters. The maximum Gasteiger partial charge on any atom is 0.223 e. The topological polar surface area (TPSA) is 53.9 Å². The first-order valence-electron chi connectivity index (χ1n) is 8.86. The number of hydrogen-bond donors (Lipinski definition) is 1. The van der Waals surface area contributed by atoms with Crippen molar-refractivity contribution in [2.75, 3.05) is 31.5 Å². The van der Waals surface area contributed by atoms with Gasteiger partial charge in [-0.2, -0.15) is 0 Å².